The van der Waals surface area contributed by atoms with E-state index in [0.29, 0.717) is 18.0 Å². The summed E-state index contributed by atoms with van der Waals surface area (Å²) in [4.78, 5) is 41.1. The predicted octanol–water partition coefficient (Wildman–Crippen LogP) is 4.75. The van der Waals surface area contributed by atoms with Gasteiger partial charge in [0, 0.05) is 33.7 Å². The van der Waals surface area contributed by atoms with Gasteiger partial charge >= 0.3 is 0 Å². The van der Waals surface area contributed by atoms with Crippen LogP contribution in [-0.4, -0.2) is 51.1 Å². The standard InChI is InChI=1S/C23H24IN3O3S/c1-15-12-17(16(2)27(15)19-8-6-18(24)7-9-19)13-20-22(29)26(23(30)31-20)14-21(28)25-10-4-3-5-11-25/h6-9,12-13H,3-5,10-11,14H2,1-2H3/b20-13+. The quantitative estimate of drug-likeness (QED) is 0.408. The third-order valence-corrected chi connectivity index (χ3v) is 7.34. The summed E-state index contributed by atoms with van der Waals surface area (Å²) in [6, 6.07) is 10.2. The molecule has 3 amide bonds. The molecule has 0 aliphatic carbocycles. The zero-order chi connectivity index (χ0) is 22.1. The summed E-state index contributed by atoms with van der Waals surface area (Å²) in [5.41, 5.74) is 3.98. The number of aryl methyl sites for hydroxylation is 1. The van der Waals surface area contributed by atoms with Gasteiger partial charge in [0.2, 0.25) is 5.91 Å². The number of imide groups is 1. The van der Waals surface area contributed by atoms with Gasteiger partial charge in [-0.05, 0) is 109 Å². The number of nitrogens with zero attached hydrogens (tertiary/aromatic N) is 3. The SMILES string of the molecule is Cc1cc(/C=C2/SC(=O)N(CC(=O)N3CCCCC3)C2=O)c(C)n1-c1ccc(I)cc1. The minimum atomic E-state index is -0.389. The van der Waals surface area contributed by atoms with Gasteiger partial charge in [0.1, 0.15) is 6.54 Å². The first-order valence-corrected chi connectivity index (χ1v) is 12.2. The zero-order valence-electron chi connectivity index (χ0n) is 17.6. The van der Waals surface area contributed by atoms with Crippen LogP contribution in [0.15, 0.2) is 35.2 Å². The van der Waals surface area contributed by atoms with Crippen molar-refractivity contribution < 1.29 is 14.4 Å². The van der Waals surface area contributed by atoms with Crippen LogP contribution in [0.3, 0.4) is 0 Å². The molecule has 162 valence electrons. The number of benzene rings is 1. The summed E-state index contributed by atoms with van der Waals surface area (Å²) in [7, 11) is 0. The van der Waals surface area contributed by atoms with Crippen molar-refractivity contribution in [2.24, 2.45) is 0 Å². The van der Waals surface area contributed by atoms with Gasteiger partial charge in [-0.2, -0.15) is 0 Å². The molecular formula is C23H24IN3O3S. The van der Waals surface area contributed by atoms with Crippen molar-refractivity contribution in [3.05, 3.63) is 55.8 Å². The fraction of sp³-hybridized carbons (Fsp3) is 0.348. The minimum Gasteiger partial charge on any atom is -0.341 e. The van der Waals surface area contributed by atoms with Gasteiger partial charge < -0.3 is 9.47 Å². The molecule has 3 heterocycles. The van der Waals surface area contributed by atoms with Crippen molar-refractivity contribution in [2.45, 2.75) is 33.1 Å². The van der Waals surface area contributed by atoms with Gasteiger partial charge in [-0.1, -0.05) is 0 Å². The number of hydrogen-bond acceptors (Lipinski definition) is 4. The second-order valence-corrected chi connectivity index (χ2v) is 10.1. The Kier molecular flexibility index (Phi) is 6.57. The number of halogens is 1. The zero-order valence-corrected chi connectivity index (χ0v) is 20.5. The molecule has 0 spiro atoms. The summed E-state index contributed by atoms with van der Waals surface area (Å²) < 4.78 is 3.29. The molecule has 31 heavy (non-hydrogen) atoms. The first-order valence-electron chi connectivity index (χ1n) is 10.3. The number of amides is 3. The molecule has 0 N–H and O–H groups in total. The second-order valence-electron chi connectivity index (χ2n) is 7.85. The maximum atomic E-state index is 12.9. The maximum Gasteiger partial charge on any atom is 0.294 e. The van der Waals surface area contributed by atoms with E-state index >= 15 is 0 Å². The average molecular weight is 549 g/mol. The maximum absolute atomic E-state index is 12.9. The lowest BCUT2D eigenvalue weighted by Gasteiger charge is -2.27. The van der Waals surface area contributed by atoms with Crippen LogP contribution < -0.4 is 0 Å². The lowest BCUT2D eigenvalue weighted by Crippen LogP contribution is -2.44. The fourth-order valence-corrected chi connectivity index (χ4v) is 5.27. The molecule has 6 nitrogen and oxygen atoms in total. The fourth-order valence-electron chi connectivity index (χ4n) is 4.08. The van der Waals surface area contributed by atoms with E-state index < -0.39 is 0 Å². The summed E-state index contributed by atoms with van der Waals surface area (Å²) >= 11 is 3.18. The number of carbonyl (C=O) groups is 3. The highest BCUT2D eigenvalue weighted by Crippen LogP contribution is 2.34. The van der Waals surface area contributed by atoms with Crippen LogP contribution in [0.2, 0.25) is 0 Å². The lowest BCUT2D eigenvalue weighted by atomic mass is 10.1. The minimum absolute atomic E-state index is 0.153. The first-order chi connectivity index (χ1) is 14.8. The van der Waals surface area contributed by atoms with Gasteiger partial charge in [0.05, 0.1) is 4.91 Å². The Morgan fingerprint density at radius 1 is 1.10 bits per heavy atom. The molecule has 1 aromatic heterocycles. The molecule has 4 rings (SSSR count). The van der Waals surface area contributed by atoms with Gasteiger partial charge in [0.15, 0.2) is 0 Å². The third kappa shape index (κ3) is 4.59. The van der Waals surface area contributed by atoms with Crippen molar-refractivity contribution in [2.75, 3.05) is 19.6 Å². The predicted molar refractivity (Wildman–Crippen MR) is 131 cm³/mol. The first kappa shape index (κ1) is 22.1. The summed E-state index contributed by atoms with van der Waals surface area (Å²) in [5, 5.41) is -0.381. The highest BCUT2D eigenvalue weighted by Gasteiger charge is 2.37. The summed E-state index contributed by atoms with van der Waals surface area (Å²) in [6.07, 6.45) is 4.84. The van der Waals surface area contributed by atoms with Crippen molar-refractivity contribution in [1.29, 1.82) is 0 Å². The number of thioether (sulfide) groups is 1. The van der Waals surface area contributed by atoms with E-state index in [1.807, 2.05) is 19.9 Å². The van der Waals surface area contributed by atoms with Crippen molar-refractivity contribution in [3.8, 4) is 5.69 Å². The molecule has 0 radical (unpaired) electrons. The second kappa shape index (κ2) is 9.20. The van der Waals surface area contributed by atoms with Crippen molar-refractivity contribution in [3.63, 3.8) is 0 Å². The molecule has 2 aliphatic rings. The number of aromatic nitrogens is 1. The molecule has 0 unspecified atom stereocenters. The number of rotatable bonds is 4. The Morgan fingerprint density at radius 2 is 1.77 bits per heavy atom. The van der Waals surface area contributed by atoms with E-state index in [4.69, 9.17) is 0 Å². The van der Waals surface area contributed by atoms with E-state index in [1.54, 1.807) is 11.0 Å². The van der Waals surface area contributed by atoms with E-state index in [2.05, 4.69) is 51.4 Å². The lowest BCUT2D eigenvalue weighted by molar-refractivity contribution is -0.136. The number of hydrogen-bond donors (Lipinski definition) is 0. The highest BCUT2D eigenvalue weighted by atomic mass is 127. The smallest absolute Gasteiger partial charge is 0.294 e. The van der Waals surface area contributed by atoms with E-state index in [1.165, 1.54) is 0 Å². The van der Waals surface area contributed by atoms with Gasteiger partial charge in [-0.3, -0.25) is 19.3 Å². The molecular weight excluding hydrogens is 525 g/mol. The number of piperidine rings is 1. The third-order valence-electron chi connectivity index (χ3n) is 5.72. The Hall–Kier alpha value is -2.07. The number of likely N-dealkylation sites (tertiary alicyclic amines) is 1. The number of carbonyl (C=O) groups excluding carboxylic acids is 3. The average Bonchev–Trinajstić information content (AvgIpc) is 3.19. The Morgan fingerprint density at radius 3 is 2.45 bits per heavy atom. The molecule has 0 atom stereocenters. The molecule has 0 saturated carbocycles. The summed E-state index contributed by atoms with van der Waals surface area (Å²) in [5.74, 6) is -0.542. The van der Waals surface area contributed by atoms with Crippen LogP contribution in [0.4, 0.5) is 4.79 Å². The molecule has 1 aromatic carbocycles. The highest BCUT2D eigenvalue weighted by molar-refractivity contribution is 14.1. The topological polar surface area (TPSA) is 62.6 Å². The van der Waals surface area contributed by atoms with Crippen LogP contribution in [0.1, 0.15) is 36.2 Å². The van der Waals surface area contributed by atoms with Gasteiger partial charge in [-0.15, -0.1) is 0 Å². The molecule has 2 saturated heterocycles. The van der Waals surface area contributed by atoms with Gasteiger partial charge in [-0.25, -0.2) is 0 Å². The van der Waals surface area contributed by atoms with Crippen LogP contribution in [0.25, 0.3) is 11.8 Å². The van der Waals surface area contributed by atoms with Gasteiger partial charge in [0.25, 0.3) is 11.1 Å². The molecule has 2 aromatic rings. The normalized spacial score (nSPS) is 18.4. The largest absolute Gasteiger partial charge is 0.341 e. The van der Waals surface area contributed by atoms with Crippen LogP contribution >= 0.6 is 34.4 Å². The molecule has 8 heteroatoms. The molecule has 0 bridgehead atoms. The monoisotopic (exact) mass is 549 g/mol. The molecule has 2 aliphatic heterocycles. The Balaban J connectivity index is 1.55. The Labute approximate surface area is 199 Å². The van der Waals surface area contributed by atoms with Crippen LogP contribution in [-0.2, 0) is 9.59 Å². The molecule has 2 fully saturated rings. The van der Waals surface area contributed by atoms with E-state index in [-0.39, 0.29) is 23.6 Å². The van der Waals surface area contributed by atoms with Crippen LogP contribution in [0.5, 0.6) is 0 Å². The Bertz CT molecular complexity index is 1070. The van der Waals surface area contributed by atoms with E-state index in [9.17, 15) is 14.4 Å². The summed E-state index contributed by atoms with van der Waals surface area (Å²) in [6.45, 7) is 5.25. The van der Waals surface area contributed by atoms with Crippen molar-refractivity contribution >= 4 is 57.5 Å². The van der Waals surface area contributed by atoms with E-state index in [0.717, 1.165) is 62.1 Å². The van der Waals surface area contributed by atoms with Crippen molar-refractivity contribution in [1.82, 2.24) is 14.4 Å². The van der Waals surface area contributed by atoms with Crippen LogP contribution in [0, 0.1) is 17.4 Å².